The molecule has 0 bridgehead atoms. The monoisotopic (exact) mass is 546 g/mol. The fourth-order valence-corrected chi connectivity index (χ4v) is 5.65. The van der Waals surface area contributed by atoms with Crippen LogP contribution in [0.1, 0.15) is 55.6 Å². The first-order valence-corrected chi connectivity index (χ1v) is 12.9. The van der Waals surface area contributed by atoms with Crippen molar-refractivity contribution in [3.8, 4) is 11.1 Å². The lowest BCUT2D eigenvalue weighted by molar-refractivity contribution is -0.152. The molecule has 1 aromatic heterocycles. The summed E-state index contributed by atoms with van der Waals surface area (Å²) in [5, 5.41) is -1.03. The molecule has 1 heterocycles. The summed E-state index contributed by atoms with van der Waals surface area (Å²) >= 11 is 0. The zero-order valence-corrected chi connectivity index (χ0v) is 20.9. The summed E-state index contributed by atoms with van der Waals surface area (Å²) in [5.74, 6) is -0.615. The van der Waals surface area contributed by atoms with E-state index in [9.17, 15) is 39.6 Å². The molecule has 1 unspecified atom stereocenters. The Morgan fingerprint density at radius 1 is 1.00 bits per heavy atom. The first kappa shape index (κ1) is 27.2. The molecule has 1 fully saturated rings. The highest BCUT2D eigenvalue weighted by Crippen LogP contribution is 2.42. The highest BCUT2D eigenvalue weighted by molar-refractivity contribution is 7.90. The van der Waals surface area contributed by atoms with Crippen LogP contribution in [0.25, 0.3) is 22.0 Å². The molecule has 1 saturated carbocycles. The molecule has 1 N–H and O–H groups in total. The Hall–Kier alpha value is -2.86. The van der Waals surface area contributed by atoms with Gasteiger partial charge in [-0.1, -0.05) is 51.1 Å². The molecular formula is C25H24F6N2O3S. The summed E-state index contributed by atoms with van der Waals surface area (Å²) in [7, 11) is -4.29. The molecule has 1 atom stereocenters. The maximum absolute atomic E-state index is 14.2. The van der Waals surface area contributed by atoms with Gasteiger partial charge >= 0.3 is 12.4 Å². The van der Waals surface area contributed by atoms with E-state index in [2.05, 4.69) is 0 Å². The van der Waals surface area contributed by atoms with Gasteiger partial charge in [-0.15, -0.1) is 0 Å². The van der Waals surface area contributed by atoms with Crippen LogP contribution in [-0.4, -0.2) is 30.3 Å². The highest BCUT2D eigenvalue weighted by Gasteiger charge is 2.48. The van der Waals surface area contributed by atoms with E-state index in [4.69, 9.17) is 0 Å². The van der Waals surface area contributed by atoms with Gasteiger partial charge in [0, 0.05) is 22.6 Å². The van der Waals surface area contributed by atoms with Crippen molar-refractivity contribution < 1.29 is 39.6 Å². The van der Waals surface area contributed by atoms with Gasteiger partial charge < -0.3 is 0 Å². The van der Waals surface area contributed by atoms with Gasteiger partial charge in [-0.2, -0.15) is 31.1 Å². The minimum absolute atomic E-state index is 0.0372. The lowest BCUT2D eigenvalue weighted by Crippen LogP contribution is -2.39. The SMILES string of the molecule is CC(C)(C)C(=O)n1cc(C(NS(=O)(=O)C2CC2)C(F)(F)F)c2ccc(-c3ccccc3C(F)(F)F)cc21. The standard InChI is InChI=1S/C25H24F6N2O3S/c1-23(2,3)22(34)33-13-18(21(25(29,30)31)32-37(35,36)15-9-10-15)17-11-8-14(12-20(17)33)16-6-4-5-7-19(16)24(26,27)28/h4-8,11-13,15,21,32H,9-10H2,1-3H3. The third-order valence-electron chi connectivity index (χ3n) is 6.12. The van der Waals surface area contributed by atoms with E-state index in [1.807, 2.05) is 0 Å². The molecule has 0 saturated heterocycles. The van der Waals surface area contributed by atoms with Gasteiger partial charge in [0.05, 0.1) is 16.3 Å². The summed E-state index contributed by atoms with van der Waals surface area (Å²) in [5.41, 5.74) is -2.76. The number of carbonyl (C=O) groups is 1. The van der Waals surface area contributed by atoms with Crippen LogP contribution in [0.15, 0.2) is 48.7 Å². The number of carbonyl (C=O) groups excluding carboxylic acids is 1. The van der Waals surface area contributed by atoms with Gasteiger partial charge in [-0.25, -0.2) is 8.42 Å². The summed E-state index contributed by atoms with van der Waals surface area (Å²) in [6.45, 7) is 4.63. The van der Waals surface area contributed by atoms with Crippen molar-refractivity contribution in [2.75, 3.05) is 0 Å². The number of halogens is 6. The zero-order chi connectivity index (χ0) is 27.6. The molecule has 1 aliphatic rings. The molecule has 1 aliphatic carbocycles. The lowest BCUT2D eigenvalue weighted by atomic mass is 9.95. The Bertz CT molecular complexity index is 1460. The van der Waals surface area contributed by atoms with E-state index in [1.165, 1.54) is 36.4 Å². The Labute approximate surface area is 209 Å². The first-order chi connectivity index (χ1) is 16.9. The van der Waals surface area contributed by atoms with Crippen LogP contribution < -0.4 is 4.72 Å². The second kappa shape index (κ2) is 8.87. The van der Waals surface area contributed by atoms with E-state index in [-0.39, 0.29) is 34.9 Å². The van der Waals surface area contributed by atoms with E-state index >= 15 is 0 Å². The molecule has 0 spiro atoms. The number of nitrogens with one attached hydrogen (secondary N) is 1. The number of sulfonamides is 1. The third kappa shape index (κ3) is 5.40. The largest absolute Gasteiger partial charge is 0.417 e. The number of benzene rings is 2. The van der Waals surface area contributed by atoms with Crippen molar-refractivity contribution in [1.82, 2.24) is 9.29 Å². The first-order valence-electron chi connectivity index (χ1n) is 11.4. The minimum atomic E-state index is -5.05. The fourth-order valence-electron chi connectivity index (χ4n) is 4.11. The molecular weight excluding hydrogens is 522 g/mol. The number of fused-ring (bicyclic) bond motifs is 1. The normalized spacial score (nSPS) is 16.2. The Balaban J connectivity index is 1.96. The van der Waals surface area contributed by atoms with Gasteiger partial charge in [0.25, 0.3) is 0 Å². The predicted octanol–water partition coefficient (Wildman–Crippen LogP) is 6.70. The van der Waals surface area contributed by atoms with Gasteiger partial charge in [-0.3, -0.25) is 9.36 Å². The number of alkyl halides is 6. The van der Waals surface area contributed by atoms with E-state index in [1.54, 1.807) is 25.5 Å². The Kier molecular flexibility index (Phi) is 6.51. The lowest BCUT2D eigenvalue weighted by Gasteiger charge is -2.21. The van der Waals surface area contributed by atoms with Crippen molar-refractivity contribution in [3.05, 3.63) is 59.8 Å². The number of nitrogens with zero attached hydrogens (tertiary/aromatic N) is 1. The number of rotatable bonds is 5. The van der Waals surface area contributed by atoms with Crippen molar-refractivity contribution in [2.45, 2.75) is 57.3 Å². The zero-order valence-electron chi connectivity index (χ0n) is 20.0. The van der Waals surface area contributed by atoms with Crippen LogP contribution in [-0.2, 0) is 16.2 Å². The number of aromatic nitrogens is 1. The van der Waals surface area contributed by atoms with Crippen molar-refractivity contribution in [3.63, 3.8) is 0 Å². The van der Waals surface area contributed by atoms with Crippen molar-refractivity contribution in [1.29, 1.82) is 0 Å². The van der Waals surface area contributed by atoms with Gasteiger partial charge in [0.1, 0.15) is 6.04 Å². The topological polar surface area (TPSA) is 68.2 Å². The molecule has 0 radical (unpaired) electrons. The van der Waals surface area contributed by atoms with Crippen LogP contribution in [0.2, 0.25) is 0 Å². The van der Waals surface area contributed by atoms with E-state index < -0.39 is 56.1 Å². The summed E-state index contributed by atoms with van der Waals surface area (Å²) in [6.07, 6.45) is -8.33. The van der Waals surface area contributed by atoms with Crippen molar-refractivity contribution >= 4 is 26.8 Å². The molecule has 200 valence electrons. The smallest absolute Gasteiger partial charge is 0.286 e. The average molecular weight is 547 g/mol. The van der Waals surface area contributed by atoms with Crippen LogP contribution in [0.3, 0.4) is 0 Å². The molecule has 0 aliphatic heterocycles. The molecule has 2 aromatic carbocycles. The second-order valence-electron chi connectivity index (χ2n) is 10.1. The summed E-state index contributed by atoms with van der Waals surface area (Å²) in [4.78, 5) is 13.2. The van der Waals surface area contributed by atoms with Crippen LogP contribution in [0, 0.1) is 5.41 Å². The quantitative estimate of drug-likeness (QED) is 0.362. The molecule has 5 nitrogen and oxygen atoms in total. The Morgan fingerprint density at radius 3 is 2.16 bits per heavy atom. The minimum Gasteiger partial charge on any atom is -0.286 e. The maximum Gasteiger partial charge on any atom is 0.417 e. The van der Waals surface area contributed by atoms with Crippen LogP contribution in [0.4, 0.5) is 26.3 Å². The van der Waals surface area contributed by atoms with Gasteiger partial charge in [0.15, 0.2) is 0 Å². The number of hydrogen-bond acceptors (Lipinski definition) is 3. The van der Waals surface area contributed by atoms with Gasteiger partial charge in [0.2, 0.25) is 15.9 Å². The third-order valence-corrected chi connectivity index (χ3v) is 8.04. The van der Waals surface area contributed by atoms with Crippen LogP contribution in [0.5, 0.6) is 0 Å². The summed E-state index contributed by atoms with van der Waals surface area (Å²) in [6, 6.07) is 5.71. The van der Waals surface area contributed by atoms with E-state index in [0.29, 0.717) is 0 Å². The maximum atomic E-state index is 14.2. The fraction of sp³-hybridized carbons (Fsp3) is 0.400. The molecule has 3 aromatic rings. The predicted molar refractivity (Wildman–Crippen MR) is 126 cm³/mol. The highest BCUT2D eigenvalue weighted by atomic mass is 32.2. The summed E-state index contributed by atoms with van der Waals surface area (Å²) < 4.78 is 111. The molecule has 12 heteroatoms. The molecule has 4 rings (SSSR count). The van der Waals surface area contributed by atoms with Crippen molar-refractivity contribution in [2.24, 2.45) is 5.41 Å². The average Bonchev–Trinajstić information content (AvgIpc) is 3.57. The molecule has 37 heavy (non-hydrogen) atoms. The molecule has 0 amide bonds. The number of hydrogen-bond donors (Lipinski definition) is 1. The van der Waals surface area contributed by atoms with E-state index in [0.717, 1.165) is 16.8 Å². The van der Waals surface area contributed by atoms with Gasteiger partial charge in [-0.05, 0) is 36.1 Å². The second-order valence-corrected chi connectivity index (χ2v) is 12.1. The van der Waals surface area contributed by atoms with Crippen LogP contribution >= 0.6 is 0 Å². The Morgan fingerprint density at radius 2 is 1.62 bits per heavy atom.